The van der Waals surface area contributed by atoms with E-state index >= 15 is 0 Å². The van der Waals surface area contributed by atoms with Crippen LogP contribution in [-0.4, -0.2) is 21.9 Å². The molecule has 1 atom stereocenters. The molecule has 14 heavy (non-hydrogen) atoms. The summed E-state index contributed by atoms with van der Waals surface area (Å²) in [6.07, 6.45) is 0. The van der Waals surface area contributed by atoms with Crippen LogP contribution >= 0.6 is 11.3 Å². The minimum atomic E-state index is -0.379. The highest BCUT2D eigenvalue weighted by molar-refractivity contribution is 7.13. The molecule has 0 aliphatic rings. The number of nitrogens with one attached hydrogen (secondary N) is 1. The summed E-state index contributed by atoms with van der Waals surface area (Å²) < 4.78 is 0. The summed E-state index contributed by atoms with van der Waals surface area (Å²) in [6.45, 7) is -0.0773. The van der Waals surface area contributed by atoms with Gasteiger partial charge in [0.2, 0.25) is 0 Å². The molecule has 2 rings (SSSR count). The fourth-order valence-corrected chi connectivity index (χ4v) is 1.86. The van der Waals surface area contributed by atoms with Gasteiger partial charge in [-0.2, -0.15) is 5.10 Å². The maximum Gasteiger partial charge on any atom is 0.102 e. The van der Waals surface area contributed by atoms with Crippen molar-refractivity contribution in [2.75, 3.05) is 6.61 Å². The summed E-state index contributed by atoms with van der Waals surface area (Å²) in [4.78, 5) is 1.10. The van der Waals surface area contributed by atoms with Crippen LogP contribution in [0.5, 0.6) is 0 Å². The van der Waals surface area contributed by atoms with E-state index < -0.39 is 0 Å². The zero-order chi connectivity index (χ0) is 9.97. The molecule has 74 valence electrons. The van der Waals surface area contributed by atoms with Gasteiger partial charge in [0.15, 0.2) is 0 Å². The van der Waals surface area contributed by atoms with E-state index in [2.05, 4.69) is 10.2 Å². The SMILES string of the molecule is N[C@@H](CO)c1cc(-c2cccs2)n[nH]1. The molecular weight excluding hydrogens is 198 g/mol. The van der Waals surface area contributed by atoms with E-state index in [-0.39, 0.29) is 12.6 Å². The smallest absolute Gasteiger partial charge is 0.102 e. The molecule has 4 N–H and O–H groups in total. The molecule has 0 aliphatic heterocycles. The van der Waals surface area contributed by atoms with Crippen LogP contribution in [0.2, 0.25) is 0 Å². The molecule has 4 nitrogen and oxygen atoms in total. The van der Waals surface area contributed by atoms with Crippen LogP contribution in [0.25, 0.3) is 10.6 Å². The summed E-state index contributed by atoms with van der Waals surface area (Å²) >= 11 is 1.62. The summed E-state index contributed by atoms with van der Waals surface area (Å²) in [5.41, 5.74) is 7.28. The van der Waals surface area contributed by atoms with E-state index in [1.807, 2.05) is 23.6 Å². The number of aliphatic hydroxyl groups is 1. The molecule has 0 radical (unpaired) electrons. The summed E-state index contributed by atoms with van der Waals surface area (Å²) in [5, 5.41) is 17.8. The second-order valence-electron chi connectivity index (χ2n) is 2.97. The Morgan fingerprint density at radius 3 is 3.14 bits per heavy atom. The minimum Gasteiger partial charge on any atom is -0.394 e. The van der Waals surface area contributed by atoms with Crippen molar-refractivity contribution < 1.29 is 5.11 Å². The van der Waals surface area contributed by atoms with Gasteiger partial charge in [0.1, 0.15) is 5.69 Å². The third kappa shape index (κ3) is 1.70. The summed E-state index contributed by atoms with van der Waals surface area (Å²) in [7, 11) is 0. The zero-order valence-electron chi connectivity index (χ0n) is 7.47. The topological polar surface area (TPSA) is 74.9 Å². The quantitative estimate of drug-likeness (QED) is 0.709. The third-order valence-corrected chi connectivity index (χ3v) is 2.86. The standard InChI is InChI=1S/C9H11N3OS/c10-6(5-13)7-4-8(12-11-7)9-2-1-3-14-9/h1-4,6,13H,5,10H2,(H,11,12)/t6-/m0/s1. The van der Waals surface area contributed by atoms with E-state index in [1.54, 1.807) is 11.3 Å². The number of aromatic amines is 1. The Bertz CT molecular complexity index is 396. The predicted molar refractivity (Wildman–Crippen MR) is 55.9 cm³/mol. The number of aromatic nitrogens is 2. The van der Waals surface area contributed by atoms with Crippen LogP contribution in [0.3, 0.4) is 0 Å². The lowest BCUT2D eigenvalue weighted by Gasteiger charge is -2.02. The fourth-order valence-electron chi connectivity index (χ4n) is 1.18. The van der Waals surface area contributed by atoms with Crippen molar-refractivity contribution in [3.05, 3.63) is 29.3 Å². The average Bonchev–Trinajstić information content (AvgIpc) is 2.86. The van der Waals surface area contributed by atoms with Crippen LogP contribution in [0.15, 0.2) is 23.6 Å². The Balaban J connectivity index is 2.26. The molecule has 0 spiro atoms. The van der Waals surface area contributed by atoms with Crippen molar-refractivity contribution in [2.45, 2.75) is 6.04 Å². The van der Waals surface area contributed by atoms with Gasteiger partial charge < -0.3 is 10.8 Å². The van der Waals surface area contributed by atoms with Crippen molar-refractivity contribution in [1.29, 1.82) is 0 Å². The van der Waals surface area contributed by atoms with Crippen molar-refractivity contribution >= 4 is 11.3 Å². The first-order chi connectivity index (χ1) is 6.81. The second kappa shape index (κ2) is 3.91. The van der Waals surface area contributed by atoms with Crippen molar-refractivity contribution in [3.8, 4) is 10.6 Å². The van der Waals surface area contributed by atoms with Crippen LogP contribution in [0, 0.1) is 0 Å². The normalized spacial score (nSPS) is 13.0. The van der Waals surface area contributed by atoms with Crippen molar-refractivity contribution in [3.63, 3.8) is 0 Å². The fraction of sp³-hybridized carbons (Fsp3) is 0.222. The number of nitrogens with two attached hydrogens (primary N) is 1. The van der Waals surface area contributed by atoms with E-state index in [0.29, 0.717) is 0 Å². The number of thiophene rings is 1. The van der Waals surface area contributed by atoms with Gasteiger partial charge in [-0.15, -0.1) is 11.3 Å². The molecule has 2 heterocycles. The predicted octanol–water partition coefficient (Wildman–Crippen LogP) is 1.13. The van der Waals surface area contributed by atoms with Crippen molar-refractivity contribution in [2.24, 2.45) is 5.73 Å². The third-order valence-electron chi connectivity index (χ3n) is 1.97. The molecule has 0 saturated heterocycles. The molecular formula is C9H11N3OS. The van der Waals surface area contributed by atoms with E-state index in [4.69, 9.17) is 10.8 Å². The number of H-pyrrole nitrogens is 1. The first-order valence-electron chi connectivity index (χ1n) is 4.27. The maximum atomic E-state index is 8.86. The Morgan fingerprint density at radius 2 is 2.50 bits per heavy atom. The van der Waals surface area contributed by atoms with E-state index in [0.717, 1.165) is 16.3 Å². The number of nitrogens with zero attached hydrogens (tertiary/aromatic N) is 1. The molecule has 2 aromatic heterocycles. The van der Waals surface area contributed by atoms with Gasteiger partial charge in [-0.3, -0.25) is 5.10 Å². The van der Waals surface area contributed by atoms with Gasteiger partial charge in [-0.05, 0) is 17.5 Å². The molecule has 0 bridgehead atoms. The lowest BCUT2D eigenvalue weighted by atomic mass is 10.2. The van der Waals surface area contributed by atoms with Crippen LogP contribution in [0.4, 0.5) is 0 Å². The highest BCUT2D eigenvalue weighted by atomic mass is 32.1. The first-order valence-corrected chi connectivity index (χ1v) is 5.15. The highest BCUT2D eigenvalue weighted by Crippen LogP contribution is 2.24. The van der Waals surface area contributed by atoms with Crippen molar-refractivity contribution in [1.82, 2.24) is 10.2 Å². The monoisotopic (exact) mass is 209 g/mol. The highest BCUT2D eigenvalue weighted by Gasteiger charge is 2.09. The molecule has 0 unspecified atom stereocenters. The molecule has 0 aromatic carbocycles. The Labute approximate surface area is 85.4 Å². The lowest BCUT2D eigenvalue weighted by molar-refractivity contribution is 0.266. The molecule has 0 fully saturated rings. The summed E-state index contributed by atoms with van der Waals surface area (Å²) in [5.74, 6) is 0. The first kappa shape index (κ1) is 9.39. The average molecular weight is 209 g/mol. The minimum absolute atomic E-state index is 0.0773. The molecule has 0 amide bonds. The zero-order valence-corrected chi connectivity index (χ0v) is 8.29. The number of hydrogen-bond acceptors (Lipinski definition) is 4. The lowest BCUT2D eigenvalue weighted by Crippen LogP contribution is -2.14. The van der Waals surface area contributed by atoms with Gasteiger partial charge in [-0.25, -0.2) is 0 Å². The van der Waals surface area contributed by atoms with Gasteiger partial charge in [0.05, 0.1) is 23.2 Å². The summed E-state index contributed by atoms with van der Waals surface area (Å²) in [6, 6.07) is 5.46. The van der Waals surface area contributed by atoms with Crippen LogP contribution in [0.1, 0.15) is 11.7 Å². The second-order valence-corrected chi connectivity index (χ2v) is 3.92. The van der Waals surface area contributed by atoms with Gasteiger partial charge in [0, 0.05) is 0 Å². The van der Waals surface area contributed by atoms with E-state index in [1.165, 1.54) is 0 Å². The van der Waals surface area contributed by atoms with Gasteiger partial charge in [-0.1, -0.05) is 6.07 Å². The van der Waals surface area contributed by atoms with Gasteiger partial charge in [0.25, 0.3) is 0 Å². The molecule has 5 heteroatoms. The largest absolute Gasteiger partial charge is 0.394 e. The molecule has 0 saturated carbocycles. The van der Waals surface area contributed by atoms with Crippen LogP contribution < -0.4 is 5.73 Å². The maximum absolute atomic E-state index is 8.86. The molecule has 2 aromatic rings. The number of aliphatic hydroxyl groups excluding tert-OH is 1. The Morgan fingerprint density at radius 1 is 1.64 bits per heavy atom. The molecule has 0 aliphatic carbocycles. The van der Waals surface area contributed by atoms with Gasteiger partial charge >= 0.3 is 0 Å². The number of rotatable bonds is 3. The Hall–Kier alpha value is -1.17. The van der Waals surface area contributed by atoms with Crippen LogP contribution in [-0.2, 0) is 0 Å². The number of hydrogen-bond donors (Lipinski definition) is 3. The van der Waals surface area contributed by atoms with E-state index in [9.17, 15) is 0 Å². The Kier molecular flexibility index (Phi) is 2.62.